The minimum Gasteiger partial charge on any atom is -0.326 e. The van der Waals surface area contributed by atoms with Gasteiger partial charge in [0.25, 0.3) is 0 Å². The molecule has 0 saturated carbocycles. The van der Waals surface area contributed by atoms with Gasteiger partial charge in [-0.3, -0.25) is 4.79 Å². The first-order valence-electron chi connectivity index (χ1n) is 7.15. The molecule has 1 atom stereocenters. The van der Waals surface area contributed by atoms with Crippen molar-refractivity contribution in [3.63, 3.8) is 0 Å². The maximum atomic E-state index is 11.6. The Labute approximate surface area is 127 Å². The van der Waals surface area contributed by atoms with Crippen molar-refractivity contribution in [2.75, 3.05) is 23.4 Å². The van der Waals surface area contributed by atoms with Crippen molar-refractivity contribution < 1.29 is 13.2 Å². The Bertz CT molecular complexity index is 570. The number of sulfone groups is 1. The monoisotopic (exact) mass is 312 g/mol. The first-order valence-corrected chi connectivity index (χ1v) is 8.97. The summed E-state index contributed by atoms with van der Waals surface area (Å²) in [5, 5.41) is 5.94. The van der Waals surface area contributed by atoms with E-state index in [1.165, 1.54) is 6.92 Å². The summed E-state index contributed by atoms with van der Waals surface area (Å²) in [5.41, 5.74) is 1.75. The molecule has 1 amide bonds. The Morgan fingerprint density at radius 1 is 1.29 bits per heavy atom. The van der Waals surface area contributed by atoms with Crippen LogP contribution in [0.1, 0.15) is 38.8 Å². The van der Waals surface area contributed by atoms with E-state index in [1.54, 1.807) is 0 Å². The molecule has 0 spiro atoms. The van der Waals surface area contributed by atoms with Crippen LogP contribution in [0.25, 0.3) is 0 Å². The summed E-state index contributed by atoms with van der Waals surface area (Å²) >= 11 is 0. The molecule has 0 aliphatic heterocycles. The molecular formula is C15H24N2O3S. The largest absolute Gasteiger partial charge is 0.326 e. The standard InChI is InChI=1S/C15H24N2O3S/c1-4-9-21(19,20)10-8-16-12(2)14-6-5-7-15(11-14)17-13(3)18/h5-7,11-12,16H,4,8-10H2,1-3H3,(H,17,18). The molecule has 5 nitrogen and oxygen atoms in total. The van der Waals surface area contributed by atoms with Crippen molar-refractivity contribution >= 4 is 21.4 Å². The summed E-state index contributed by atoms with van der Waals surface area (Å²) in [6, 6.07) is 7.55. The lowest BCUT2D eigenvalue weighted by Gasteiger charge is -2.15. The lowest BCUT2D eigenvalue weighted by atomic mass is 10.1. The second-order valence-corrected chi connectivity index (χ2v) is 7.44. The summed E-state index contributed by atoms with van der Waals surface area (Å²) < 4.78 is 23.3. The van der Waals surface area contributed by atoms with Crippen LogP contribution in [0.5, 0.6) is 0 Å². The third kappa shape index (κ3) is 6.73. The molecule has 1 unspecified atom stereocenters. The molecule has 0 aliphatic carbocycles. The fourth-order valence-corrected chi connectivity index (χ4v) is 3.31. The van der Waals surface area contributed by atoms with Gasteiger partial charge in [0, 0.05) is 31.0 Å². The number of carbonyl (C=O) groups excluding carboxylic acids is 1. The number of hydrogen-bond acceptors (Lipinski definition) is 4. The Balaban J connectivity index is 2.56. The molecule has 0 aromatic heterocycles. The lowest BCUT2D eigenvalue weighted by molar-refractivity contribution is -0.114. The molecule has 0 radical (unpaired) electrons. The molecule has 0 fully saturated rings. The van der Waals surface area contributed by atoms with Gasteiger partial charge in [-0.25, -0.2) is 8.42 Å². The molecule has 0 bridgehead atoms. The van der Waals surface area contributed by atoms with Gasteiger partial charge >= 0.3 is 0 Å². The maximum absolute atomic E-state index is 11.6. The van der Waals surface area contributed by atoms with Gasteiger partial charge < -0.3 is 10.6 Å². The van der Waals surface area contributed by atoms with Gasteiger partial charge in [0.05, 0.1) is 5.75 Å². The molecule has 0 saturated heterocycles. The number of hydrogen-bond donors (Lipinski definition) is 2. The summed E-state index contributed by atoms with van der Waals surface area (Å²) in [4.78, 5) is 11.0. The first-order chi connectivity index (χ1) is 9.84. The van der Waals surface area contributed by atoms with E-state index in [-0.39, 0.29) is 23.5 Å². The van der Waals surface area contributed by atoms with Gasteiger partial charge in [-0.15, -0.1) is 0 Å². The van der Waals surface area contributed by atoms with Crippen LogP contribution in [0.2, 0.25) is 0 Å². The highest BCUT2D eigenvalue weighted by Gasteiger charge is 2.11. The van der Waals surface area contributed by atoms with E-state index < -0.39 is 9.84 Å². The van der Waals surface area contributed by atoms with Crippen LogP contribution in [-0.4, -0.2) is 32.4 Å². The van der Waals surface area contributed by atoms with E-state index in [2.05, 4.69) is 10.6 Å². The Morgan fingerprint density at radius 3 is 2.62 bits per heavy atom. The van der Waals surface area contributed by atoms with Crippen LogP contribution >= 0.6 is 0 Å². The molecule has 1 rings (SSSR count). The van der Waals surface area contributed by atoms with E-state index in [9.17, 15) is 13.2 Å². The van der Waals surface area contributed by atoms with Crippen LogP contribution in [0.15, 0.2) is 24.3 Å². The van der Waals surface area contributed by atoms with Gasteiger partial charge in [0.1, 0.15) is 0 Å². The van der Waals surface area contributed by atoms with Crippen LogP contribution in [0.3, 0.4) is 0 Å². The quantitative estimate of drug-likeness (QED) is 0.771. The SMILES string of the molecule is CCCS(=O)(=O)CCNC(C)c1cccc(NC(C)=O)c1. The Kier molecular flexibility index (Phi) is 6.84. The number of rotatable bonds is 8. The zero-order chi connectivity index (χ0) is 15.9. The van der Waals surface area contributed by atoms with Crippen molar-refractivity contribution in [2.45, 2.75) is 33.2 Å². The van der Waals surface area contributed by atoms with Crippen molar-refractivity contribution in [1.29, 1.82) is 0 Å². The van der Waals surface area contributed by atoms with Crippen molar-refractivity contribution in [2.24, 2.45) is 0 Å². The van der Waals surface area contributed by atoms with Gasteiger partial charge in [-0.05, 0) is 31.0 Å². The molecule has 1 aromatic rings. The number of amides is 1. The predicted molar refractivity (Wildman–Crippen MR) is 86.1 cm³/mol. The van der Waals surface area contributed by atoms with Crippen molar-refractivity contribution in [1.82, 2.24) is 5.32 Å². The van der Waals surface area contributed by atoms with E-state index in [4.69, 9.17) is 0 Å². The maximum Gasteiger partial charge on any atom is 0.221 e. The minimum absolute atomic E-state index is 0.0236. The highest BCUT2D eigenvalue weighted by atomic mass is 32.2. The molecule has 118 valence electrons. The highest BCUT2D eigenvalue weighted by Crippen LogP contribution is 2.17. The summed E-state index contributed by atoms with van der Waals surface area (Å²) in [7, 11) is -2.95. The molecule has 6 heteroatoms. The van der Waals surface area contributed by atoms with Gasteiger partial charge in [-0.1, -0.05) is 19.1 Å². The van der Waals surface area contributed by atoms with Gasteiger partial charge in [0.15, 0.2) is 9.84 Å². The van der Waals surface area contributed by atoms with Gasteiger partial charge in [0.2, 0.25) is 5.91 Å². The number of nitrogens with one attached hydrogen (secondary N) is 2. The molecule has 0 aliphatic rings. The first kappa shape index (κ1) is 17.7. The normalized spacial score (nSPS) is 12.9. The highest BCUT2D eigenvalue weighted by molar-refractivity contribution is 7.91. The average Bonchev–Trinajstić information content (AvgIpc) is 2.37. The van der Waals surface area contributed by atoms with Crippen LogP contribution in [0.4, 0.5) is 5.69 Å². The smallest absolute Gasteiger partial charge is 0.221 e. The Hall–Kier alpha value is -1.40. The van der Waals surface area contributed by atoms with Crippen LogP contribution < -0.4 is 10.6 Å². The van der Waals surface area contributed by atoms with Crippen LogP contribution in [-0.2, 0) is 14.6 Å². The lowest BCUT2D eigenvalue weighted by Crippen LogP contribution is -2.26. The minimum atomic E-state index is -2.95. The summed E-state index contributed by atoms with van der Waals surface area (Å²) in [6.45, 7) is 5.72. The van der Waals surface area contributed by atoms with E-state index in [0.29, 0.717) is 13.0 Å². The van der Waals surface area contributed by atoms with Crippen molar-refractivity contribution in [3.8, 4) is 0 Å². The summed E-state index contributed by atoms with van der Waals surface area (Å²) in [5.74, 6) is 0.274. The third-order valence-electron chi connectivity index (χ3n) is 3.09. The molecule has 1 aromatic carbocycles. The Morgan fingerprint density at radius 2 is 2.00 bits per heavy atom. The second kappa shape index (κ2) is 8.14. The average molecular weight is 312 g/mol. The topological polar surface area (TPSA) is 75.3 Å². The fraction of sp³-hybridized carbons (Fsp3) is 0.533. The van der Waals surface area contributed by atoms with E-state index in [1.807, 2.05) is 38.1 Å². The predicted octanol–water partition coefficient (Wildman–Crippen LogP) is 2.12. The zero-order valence-electron chi connectivity index (χ0n) is 12.8. The molecule has 2 N–H and O–H groups in total. The fourth-order valence-electron chi connectivity index (χ4n) is 2.05. The van der Waals surface area contributed by atoms with E-state index in [0.717, 1.165) is 11.3 Å². The third-order valence-corrected chi connectivity index (χ3v) is 4.94. The van der Waals surface area contributed by atoms with Crippen LogP contribution in [0, 0.1) is 0 Å². The second-order valence-electron chi connectivity index (χ2n) is 5.13. The number of benzene rings is 1. The van der Waals surface area contributed by atoms with Gasteiger partial charge in [-0.2, -0.15) is 0 Å². The zero-order valence-corrected chi connectivity index (χ0v) is 13.7. The van der Waals surface area contributed by atoms with Crippen molar-refractivity contribution in [3.05, 3.63) is 29.8 Å². The number of anilines is 1. The molecule has 21 heavy (non-hydrogen) atoms. The molecule has 0 heterocycles. The number of carbonyl (C=O) groups is 1. The molecular weight excluding hydrogens is 288 g/mol. The summed E-state index contributed by atoms with van der Waals surface area (Å²) in [6.07, 6.45) is 0.649. The van der Waals surface area contributed by atoms with E-state index >= 15 is 0 Å².